The summed E-state index contributed by atoms with van der Waals surface area (Å²) in [6.07, 6.45) is 2.29. The normalized spacial score (nSPS) is 21.2. The molecule has 1 aromatic rings. The van der Waals surface area contributed by atoms with Crippen LogP contribution >= 0.6 is 0 Å². The van der Waals surface area contributed by atoms with Gasteiger partial charge in [0, 0.05) is 18.8 Å². The minimum atomic E-state index is -0.196. The first-order valence-electron chi connectivity index (χ1n) is 8.29. The molecule has 0 bridgehead atoms. The van der Waals surface area contributed by atoms with E-state index in [0.29, 0.717) is 5.91 Å². The zero-order chi connectivity index (χ0) is 15.5. The van der Waals surface area contributed by atoms with Crippen LogP contribution in [0, 0.1) is 5.82 Å². The third-order valence-corrected chi connectivity index (χ3v) is 5.00. The van der Waals surface area contributed by atoms with Crippen LogP contribution in [0.4, 0.5) is 10.1 Å². The lowest BCUT2D eigenvalue weighted by Crippen LogP contribution is -3.19. The number of benzene rings is 1. The molecule has 1 aromatic carbocycles. The van der Waals surface area contributed by atoms with Crippen molar-refractivity contribution >= 4 is 11.6 Å². The van der Waals surface area contributed by atoms with Gasteiger partial charge in [0.25, 0.3) is 5.91 Å². The van der Waals surface area contributed by atoms with Crippen LogP contribution < -0.4 is 9.80 Å². The van der Waals surface area contributed by atoms with E-state index in [1.54, 1.807) is 0 Å². The molecule has 1 amide bonds. The van der Waals surface area contributed by atoms with Crippen LogP contribution in [-0.2, 0) is 4.79 Å². The van der Waals surface area contributed by atoms with E-state index in [0.717, 1.165) is 57.8 Å². The van der Waals surface area contributed by atoms with Gasteiger partial charge in [-0.3, -0.25) is 4.79 Å². The van der Waals surface area contributed by atoms with Crippen LogP contribution in [0.25, 0.3) is 0 Å². The molecule has 0 spiro atoms. The fourth-order valence-electron chi connectivity index (χ4n) is 3.52. The Morgan fingerprint density at radius 3 is 2.27 bits per heavy atom. The van der Waals surface area contributed by atoms with Crippen molar-refractivity contribution in [3.63, 3.8) is 0 Å². The summed E-state index contributed by atoms with van der Waals surface area (Å²) in [4.78, 5) is 18.1. The van der Waals surface area contributed by atoms with E-state index in [4.69, 9.17) is 0 Å². The highest BCUT2D eigenvalue weighted by molar-refractivity contribution is 5.80. The summed E-state index contributed by atoms with van der Waals surface area (Å²) >= 11 is 0. The SMILES string of the molecule is C[C@@H](C(=O)N1CCCC1)[NH+]1CCN(c2ccc(F)cc2)CC1. The van der Waals surface area contributed by atoms with E-state index in [1.165, 1.54) is 17.0 Å². The monoisotopic (exact) mass is 306 g/mol. The molecule has 1 atom stereocenters. The number of nitrogens with zero attached hydrogens (tertiary/aromatic N) is 2. The molecule has 2 fully saturated rings. The first-order chi connectivity index (χ1) is 10.6. The number of rotatable bonds is 3. The summed E-state index contributed by atoms with van der Waals surface area (Å²) in [6.45, 7) is 7.66. The van der Waals surface area contributed by atoms with Crippen molar-refractivity contribution in [2.45, 2.75) is 25.8 Å². The van der Waals surface area contributed by atoms with Crippen molar-refractivity contribution in [1.29, 1.82) is 0 Å². The molecule has 2 aliphatic heterocycles. The molecule has 3 rings (SSSR count). The second-order valence-corrected chi connectivity index (χ2v) is 6.38. The topological polar surface area (TPSA) is 28.0 Å². The van der Waals surface area contributed by atoms with Gasteiger partial charge in [0.2, 0.25) is 0 Å². The number of halogens is 1. The highest BCUT2D eigenvalue weighted by Crippen LogP contribution is 2.14. The van der Waals surface area contributed by atoms with Crippen molar-refractivity contribution in [2.24, 2.45) is 0 Å². The van der Waals surface area contributed by atoms with E-state index < -0.39 is 0 Å². The van der Waals surface area contributed by atoms with Crippen LogP contribution in [0.5, 0.6) is 0 Å². The van der Waals surface area contributed by atoms with Gasteiger partial charge in [-0.2, -0.15) is 0 Å². The predicted octanol–water partition coefficient (Wildman–Crippen LogP) is 0.542. The van der Waals surface area contributed by atoms with Gasteiger partial charge >= 0.3 is 0 Å². The van der Waals surface area contributed by atoms with E-state index in [9.17, 15) is 9.18 Å². The lowest BCUT2D eigenvalue weighted by atomic mass is 10.2. The molecule has 0 saturated carbocycles. The molecule has 120 valence electrons. The van der Waals surface area contributed by atoms with E-state index in [2.05, 4.69) is 11.8 Å². The van der Waals surface area contributed by atoms with Gasteiger partial charge in [0.1, 0.15) is 5.82 Å². The van der Waals surface area contributed by atoms with Crippen LogP contribution in [0.3, 0.4) is 0 Å². The molecular weight excluding hydrogens is 281 g/mol. The minimum Gasteiger partial charge on any atom is -0.360 e. The van der Waals surface area contributed by atoms with Gasteiger partial charge in [-0.25, -0.2) is 4.39 Å². The van der Waals surface area contributed by atoms with E-state index in [-0.39, 0.29) is 11.9 Å². The summed E-state index contributed by atoms with van der Waals surface area (Å²) in [5, 5.41) is 0. The second-order valence-electron chi connectivity index (χ2n) is 6.38. The average molecular weight is 306 g/mol. The van der Waals surface area contributed by atoms with Crippen molar-refractivity contribution in [3.8, 4) is 0 Å². The minimum absolute atomic E-state index is 0.0495. The molecule has 5 heteroatoms. The third kappa shape index (κ3) is 3.24. The van der Waals surface area contributed by atoms with Crippen molar-refractivity contribution < 1.29 is 14.1 Å². The molecule has 0 unspecified atom stereocenters. The second kappa shape index (κ2) is 6.65. The van der Waals surface area contributed by atoms with Gasteiger partial charge in [-0.05, 0) is 44.0 Å². The standard InChI is InChI=1S/C17H24FN3O/c1-14(17(22)21-8-2-3-9-21)19-10-12-20(13-11-19)16-6-4-15(18)5-7-16/h4-7,14H,2-3,8-13H2,1H3/p+1/t14-/m0/s1. The summed E-state index contributed by atoms with van der Waals surface area (Å²) in [6, 6.07) is 6.73. The van der Waals surface area contributed by atoms with Gasteiger partial charge in [-0.1, -0.05) is 0 Å². The van der Waals surface area contributed by atoms with Crippen molar-refractivity contribution in [2.75, 3.05) is 44.2 Å². The molecule has 2 aliphatic rings. The number of quaternary nitrogens is 1. The van der Waals surface area contributed by atoms with Gasteiger partial charge in [0.15, 0.2) is 6.04 Å². The Bertz CT molecular complexity index is 505. The maximum atomic E-state index is 13.0. The fraction of sp³-hybridized carbons (Fsp3) is 0.588. The smallest absolute Gasteiger partial charge is 0.280 e. The lowest BCUT2D eigenvalue weighted by molar-refractivity contribution is -0.915. The quantitative estimate of drug-likeness (QED) is 0.883. The highest BCUT2D eigenvalue weighted by atomic mass is 19.1. The Kier molecular flexibility index (Phi) is 4.62. The Hall–Kier alpha value is -1.62. The average Bonchev–Trinajstić information content (AvgIpc) is 3.09. The maximum Gasteiger partial charge on any atom is 0.280 e. The molecule has 4 nitrogen and oxygen atoms in total. The predicted molar refractivity (Wildman–Crippen MR) is 84.6 cm³/mol. The highest BCUT2D eigenvalue weighted by Gasteiger charge is 2.32. The summed E-state index contributed by atoms with van der Waals surface area (Å²) in [7, 11) is 0. The molecule has 0 radical (unpaired) electrons. The number of likely N-dealkylation sites (tertiary alicyclic amines) is 1. The van der Waals surface area contributed by atoms with Gasteiger partial charge in [0.05, 0.1) is 26.2 Å². The Balaban J connectivity index is 1.54. The molecule has 2 heterocycles. The number of amides is 1. The lowest BCUT2D eigenvalue weighted by Gasteiger charge is -2.36. The molecule has 0 aromatic heterocycles. The van der Waals surface area contributed by atoms with Crippen molar-refractivity contribution in [1.82, 2.24) is 4.90 Å². The first kappa shape index (κ1) is 15.3. The number of hydrogen-bond acceptors (Lipinski definition) is 2. The third-order valence-electron chi connectivity index (χ3n) is 5.00. The Labute approximate surface area is 131 Å². The Morgan fingerprint density at radius 1 is 1.09 bits per heavy atom. The molecular formula is C17H25FN3O+. The summed E-state index contributed by atoms with van der Waals surface area (Å²) < 4.78 is 13.0. The zero-order valence-corrected chi connectivity index (χ0v) is 13.2. The first-order valence-corrected chi connectivity index (χ1v) is 8.29. The fourth-order valence-corrected chi connectivity index (χ4v) is 3.52. The zero-order valence-electron chi connectivity index (χ0n) is 13.2. The molecule has 22 heavy (non-hydrogen) atoms. The van der Waals surface area contributed by atoms with Crippen LogP contribution in [-0.4, -0.2) is 56.1 Å². The van der Waals surface area contributed by atoms with Crippen LogP contribution in [0.1, 0.15) is 19.8 Å². The number of carbonyl (C=O) groups excluding carboxylic acids is 1. The number of nitrogens with one attached hydrogen (secondary N) is 1. The van der Waals surface area contributed by atoms with E-state index >= 15 is 0 Å². The molecule has 2 saturated heterocycles. The van der Waals surface area contributed by atoms with Gasteiger partial charge < -0.3 is 14.7 Å². The maximum absolute atomic E-state index is 13.0. The van der Waals surface area contributed by atoms with Crippen LogP contribution in [0.15, 0.2) is 24.3 Å². The summed E-state index contributed by atoms with van der Waals surface area (Å²) in [5.41, 5.74) is 1.07. The van der Waals surface area contributed by atoms with Crippen molar-refractivity contribution in [3.05, 3.63) is 30.1 Å². The summed E-state index contributed by atoms with van der Waals surface area (Å²) in [5.74, 6) is 0.112. The largest absolute Gasteiger partial charge is 0.360 e. The number of anilines is 1. The van der Waals surface area contributed by atoms with Gasteiger partial charge in [-0.15, -0.1) is 0 Å². The molecule has 1 N–H and O–H groups in total. The van der Waals surface area contributed by atoms with Crippen LogP contribution in [0.2, 0.25) is 0 Å². The number of piperazine rings is 1. The Morgan fingerprint density at radius 2 is 1.68 bits per heavy atom. The number of hydrogen-bond donors (Lipinski definition) is 1. The number of carbonyl (C=O) groups is 1. The molecule has 0 aliphatic carbocycles. The van der Waals surface area contributed by atoms with E-state index in [1.807, 2.05) is 17.0 Å².